The Morgan fingerprint density at radius 2 is 2.12 bits per heavy atom. The fourth-order valence-electron chi connectivity index (χ4n) is 1.44. The van der Waals surface area contributed by atoms with Crippen molar-refractivity contribution in [1.29, 1.82) is 0 Å². The van der Waals surface area contributed by atoms with Crippen LogP contribution in [-0.4, -0.2) is 16.1 Å². The second kappa shape index (κ2) is 4.09. The third kappa shape index (κ3) is 1.86. The molecule has 5 heteroatoms. The van der Waals surface area contributed by atoms with Gasteiger partial charge in [-0.15, -0.1) is 0 Å². The predicted molar refractivity (Wildman–Crippen MR) is 60.8 cm³/mol. The Hall–Kier alpha value is -1.62. The molecule has 0 spiro atoms. The molecule has 0 aliphatic rings. The van der Waals surface area contributed by atoms with Crippen molar-refractivity contribution >= 4 is 21.9 Å². The van der Waals surface area contributed by atoms with Gasteiger partial charge in [0.2, 0.25) is 0 Å². The summed E-state index contributed by atoms with van der Waals surface area (Å²) in [6.07, 6.45) is 2.97. The van der Waals surface area contributed by atoms with E-state index in [1.807, 2.05) is 0 Å². The summed E-state index contributed by atoms with van der Waals surface area (Å²) in [6.45, 7) is 0. The number of halogens is 2. The Kier molecular flexibility index (Phi) is 2.78. The third-order valence-corrected chi connectivity index (χ3v) is 2.81. The highest BCUT2D eigenvalue weighted by molar-refractivity contribution is 9.10. The van der Waals surface area contributed by atoms with Crippen LogP contribution in [0.25, 0.3) is 11.1 Å². The Labute approximate surface area is 99.1 Å². The third-order valence-electron chi connectivity index (χ3n) is 2.21. The number of hydrogen-bond acceptors (Lipinski definition) is 1. The maximum absolute atomic E-state index is 13.0. The van der Waals surface area contributed by atoms with Gasteiger partial charge in [0.15, 0.2) is 0 Å². The molecule has 2 rings (SSSR count). The SMILES string of the molecule is O=C(O)c1c[nH]cc1-c1ccc(F)c(Br)c1. The molecule has 16 heavy (non-hydrogen) atoms. The van der Waals surface area contributed by atoms with E-state index < -0.39 is 5.97 Å². The van der Waals surface area contributed by atoms with E-state index in [0.29, 0.717) is 15.6 Å². The topological polar surface area (TPSA) is 53.1 Å². The van der Waals surface area contributed by atoms with Crippen LogP contribution in [0.15, 0.2) is 35.1 Å². The average molecular weight is 284 g/mol. The zero-order chi connectivity index (χ0) is 11.7. The summed E-state index contributed by atoms with van der Waals surface area (Å²) in [5.74, 6) is -1.40. The van der Waals surface area contributed by atoms with Crippen LogP contribution in [-0.2, 0) is 0 Å². The molecule has 0 saturated carbocycles. The van der Waals surface area contributed by atoms with Crippen molar-refractivity contribution in [3.63, 3.8) is 0 Å². The zero-order valence-corrected chi connectivity index (χ0v) is 9.58. The van der Waals surface area contributed by atoms with Crippen LogP contribution in [0.1, 0.15) is 10.4 Å². The van der Waals surface area contributed by atoms with Crippen LogP contribution in [0.2, 0.25) is 0 Å². The first-order valence-corrected chi connectivity index (χ1v) is 5.24. The molecule has 0 unspecified atom stereocenters. The Bertz CT molecular complexity index is 551. The second-order valence-electron chi connectivity index (χ2n) is 3.22. The predicted octanol–water partition coefficient (Wildman–Crippen LogP) is 3.28. The molecule has 2 N–H and O–H groups in total. The highest BCUT2D eigenvalue weighted by Crippen LogP contribution is 2.27. The number of aromatic amines is 1. The number of hydrogen-bond donors (Lipinski definition) is 2. The summed E-state index contributed by atoms with van der Waals surface area (Å²) in [6, 6.07) is 4.37. The molecule has 1 aromatic carbocycles. The van der Waals surface area contributed by atoms with Gasteiger partial charge in [0.05, 0.1) is 10.0 Å². The molecule has 82 valence electrons. The lowest BCUT2D eigenvalue weighted by atomic mass is 10.1. The molecule has 0 atom stereocenters. The molecule has 0 aliphatic carbocycles. The first-order chi connectivity index (χ1) is 7.59. The Morgan fingerprint density at radius 3 is 2.75 bits per heavy atom. The van der Waals surface area contributed by atoms with Crippen molar-refractivity contribution in [3.05, 3.63) is 46.4 Å². The average Bonchev–Trinajstić information content (AvgIpc) is 2.71. The molecule has 0 radical (unpaired) electrons. The van der Waals surface area contributed by atoms with E-state index in [2.05, 4.69) is 20.9 Å². The number of carboxylic acids is 1. The number of aromatic carboxylic acids is 1. The Morgan fingerprint density at radius 1 is 1.38 bits per heavy atom. The molecule has 0 fully saturated rings. The van der Waals surface area contributed by atoms with Gasteiger partial charge < -0.3 is 10.1 Å². The maximum atomic E-state index is 13.0. The minimum Gasteiger partial charge on any atom is -0.478 e. The highest BCUT2D eigenvalue weighted by Gasteiger charge is 2.13. The molecule has 1 aromatic heterocycles. The fourth-order valence-corrected chi connectivity index (χ4v) is 1.82. The normalized spacial score (nSPS) is 10.4. The van der Waals surface area contributed by atoms with Crippen molar-refractivity contribution in [2.75, 3.05) is 0 Å². The maximum Gasteiger partial charge on any atom is 0.337 e. The van der Waals surface area contributed by atoms with Crippen molar-refractivity contribution in [2.24, 2.45) is 0 Å². The van der Waals surface area contributed by atoms with E-state index in [9.17, 15) is 9.18 Å². The van der Waals surface area contributed by atoms with E-state index in [1.165, 1.54) is 18.3 Å². The van der Waals surface area contributed by atoms with E-state index >= 15 is 0 Å². The molecule has 0 saturated heterocycles. The molecule has 0 amide bonds. The van der Waals surface area contributed by atoms with Crippen LogP contribution in [0.4, 0.5) is 4.39 Å². The standard InChI is InChI=1S/C11H7BrFNO2/c12-9-3-6(1-2-10(9)13)7-4-14-5-8(7)11(15)16/h1-5,14H,(H,15,16). The van der Waals surface area contributed by atoms with Gasteiger partial charge in [0, 0.05) is 18.0 Å². The van der Waals surface area contributed by atoms with Crippen LogP contribution in [0, 0.1) is 5.82 Å². The van der Waals surface area contributed by atoms with Gasteiger partial charge in [-0.1, -0.05) is 6.07 Å². The summed E-state index contributed by atoms with van der Waals surface area (Å²) in [7, 11) is 0. The molecular weight excluding hydrogens is 277 g/mol. The lowest BCUT2D eigenvalue weighted by Crippen LogP contribution is -1.96. The van der Waals surface area contributed by atoms with Crippen molar-refractivity contribution in [1.82, 2.24) is 4.98 Å². The number of carboxylic acid groups (broad SMARTS) is 1. The molecule has 0 bridgehead atoms. The summed E-state index contributed by atoms with van der Waals surface area (Å²) < 4.78 is 13.3. The molecule has 0 aliphatic heterocycles. The van der Waals surface area contributed by atoms with Gasteiger partial charge in [-0.05, 0) is 33.6 Å². The smallest absolute Gasteiger partial charge is 0.337 e. The van der Waals surface area contributed by atoms with Crippen LogP contribution in [0.5, 0.6) is 0 Å². The summed E-state index contributed by atoms with van der Waals surface area (Å²) in [5.41, 5.74) is 1.35. The number of H-pyrrole nitrogens is 1. The molecule has 1 heterocycles. The summed E-state index contributed by atoms with van der Waals surface area (Å²) in [4.78, 5) is 13.6. The van der Waals surface area contributed by atoms with Crippen molar-refractivity contribution in [3.8, 4) is 11.1 Å². The number of benzene rings is 1. The minimum atomic E-state index is -1.02. The summed E-state index contributed by atoms with van der Waals surface area (Å²) in [5, 5.41) is 8.93. The number of rotatable bonds is 2. The quantitative estimate of drug-likeness (QED) is 0.889. The van der Waals surface area contributed by atoms with Gasteiger partial charge in [-0.25, -0.2) is 9.18 Å². The molecular formula is C11H7BrFNO2. The first kappa shape index (κ1) is 10.9. The van der Waals surface area contributed by atoms with Crippen LogP contribution < -0.4 is 0 Å². The zero-order valence-electron chi connectivity index (χ0n) is 8.00. The van der Waals surface area contributed by atoms with E-state index in [-0.39, 0.29) is 11.4 Å². The molecule has 2 aromatic rings. The van der Waals surface area contributed by atoms with Crippen molar-refractivity contribution < 1.29 is 14.3 Å². The van der Waals surface area contributed by atoms with E-state index in [4.69, 9.17) is 5.11 Å². The van der Waals surface area contributed by atoms with Crippen molar-refractivity contribution in [2.45, 2.75) is 0 Å². The first-order valence-electron chi connectivity index (χ1n) is 4.45. The van der Waals surface area contributed by atoms with E-state index in [1.54, 1.807) is 12.3 Å². The minimum absolute atomic E-state index is 0.165. The monoisotopic (exact) mass is 283 g/mol. The Balaban J connectivity index is 2.54. The lowest BCUT2D eigenvalue weighted by Gasteiger charge is -2.02. The van der Waals surface area contributed by atoms with Gasteiger partial charge in [-0.2, -0.15) is 0 Å². The van der Waals surface area contributed by atoms with Crippen LogP contribution in [0.3, 0.4) is 0 Å². The lowest BCUT2D eigenvalue weighted by molar-refractivity contribution is 0.0698. The fraction of sp³-hybridized carbons (Fsp3) is 0. The number of aromatic nitrogens is 1. The van der Waals surface area contributed by atoms with Gasteiger partial charge in [-0.3, -0.25) is 0 Å². The number of nitrogens with one attached hydrogen (secondary N) is 1. The van der Waals surface area contributed by atoms with Gasteiger partial charge in [0.25, 0.3) is 0 Å². The number of carbonyl (C=O) groups is 1. The largest absolute Gasteiger partial charge is 0.478 e. The highest BCUT2D eigenvalue weighted by atomic mass is 79.9. The molecule has 3 nitrogen and oxygen atoms in total. The van der Waals surface area contributed by atoms with Crippen LogP contribution >= 0.6 is 15.9 Å². The van der Waals surface area contributed by atoms with E-state index in [0.717, 1.165) is 0 Å². The second-order valence-corrected chi connectivity index (χ2v) is 4.07. The summed E-state index contributed by atoms with van der Waals surface area (Å²) >= 11 is 3.06. The van der Waals surface area contributed by atoms with Gasteiger partial charge >= 0.3 is 5.97 Å². The van der Waals surface area contributed by atoms with Gasteiger partial charge in [0.1, 0.15) is 5.82 Å².